The number of halogens is 1. The van der Waals surface area contributed by atoms with Crippen LogP contribution in [0.4, 0.5) is 10.1 Å². The smallest absolute Gasteiger partial charge is 0.266 e. The van der Waals surface area contributed by atoms with Gasteiger partial charge in [-0.25, -0.2) is 9.07 Å². The minimum atomic E-state index is -0.300. The van der Waals surface area contributed by atoms with Crippen molar-refractivity contribution in [2.45, 2.75) is 58.0 Å². The molecule has 2 aliphatic heterocycles. The Bertz CT molecular complexity index is 1800. The van der Waals surface area contributed by atoms with Crippen molar-refractivity contribution in [2.75, 3.05) is 31.1 Å². The maximum atomic E-state index is 14.0. The molecule has 0 radical (unpaired) electrons. The molecule has 5 aromatic rings. The molecule has 216 valence electrons. The monoisotopic (exact) mass is 564 g/mol. The van der Waals surface area contributed by atoms with Gasteiger partial charge in [-0.1, -0.05) is 12.5 Å². The van der Waals surface area contributed by atoms with E-state index in [-0.39, 0.29) is 11.4 Å². The number of anilines is 1. The molecule has 0 aliphatic carbocycles. The van der Waals surface area contributed by atoms with Gasteiger partial charge >= 0.3 is 0 Å². The number of hydrogen-bond donors (Lipinski definition) is 0. The number of nitrogens with zero attached hydrogens (tertiary/aromatic N) is 6. The number of aryl methyl sites for hydroxylation is 3. The molecule has 7 nitrogen and oxygen atoms in total. The molecular weight excluding hydrogens is 527 g/mol. The number of piperidine rings is 2. The average Bonchev–Trinajstić information content (AvgIpc) is 3.35. The van der Waals surface area contributed by atoms with Crippen LogP contribution in [0.3, 0.4) is 0 Å². The van der Waals surface area contributed by atoms with Gasteiger partial charge in [0, 0.05) is 48.7 Å². The van der Waals surface area contributed by atoms with Crippen molar-refractivity contribution >= 4 is 27.5 Å². The number of aromatic nitrogens is 4. The average molecular weight is 565 g/mol. The molecule has 0 amide bonds. The quantitative estimate of drug-likeness (QED) is 0.258. The summed E-state index contributed by atoms with van der Waals surface area (Å²) in [7, 11) is 0. The minimum absolute atomic E-state index is 0.157. The molecule has 0 unspecified atom stereocenters. The van der Waals surface area contributed by atoms with Crippen LogP contribution in [0.2, 0.25) is 0 Å². The lowest BCUT2D eigenvalue weighted by atomic mass is 9.99. The van der Waals surface area contributed by atoms with Gasteiger partial charge in [-0.2, -0.15) is 5.10 Å². The Labute approximate surface area is 245 Å². The van der Waals surface area contributed by atoms with Crippen LogP contribution in [-0.4, -0.2) is 56.5 Å². The van der Waals surface area contributed by atoms with Crippen molar-refractivity contribution in [1.29, 1.82) is 0 Å². The Kier molecular flexibility index (Phi) is 7.24. The van der Waals surface area contributed by atoms with Crippen molar-refractivity contribution in [3.05, 3.63) is 94.3 Å². The first-order valence-electron chi connectivity index (χ1n) is 15.3. The van der Waals surface area contributed by atoms with Gasteiger partial charge in [-0.05, 0) is 106 Å². The fourth-order valence-electron chi connectivity index (χ4n) is 6.79. The van der Waals surface area contributed by atoms with E-state index in [1.807, 2.05) is 23.9 Å². The van der Waals surface area contributed by atoms with E-state index in [1.54, 1.807) is 12.1 Å². The molecule has 0 bridgehead atoms. The van der Waals surface area contributed by atoms with Crippen LogP contribution in [0.15, 0.2) is 71.8 Å². The van der Waals surface area contributed by atoms with Crippen LogP contribution < -0.4 is 10.5 Å². The molecule has 2 saturated heterocycles. The molecule has 8 heteroatoms. The van der Waals surface area contributed by atoms with Gasteiger partial charge < -0.3 is 9.80 Å². The van der Waals surface area contributed by atoms with Gasteiger partial charge in [0.15, 0.2) is 5.82 Å². The third-order valence-corrected chi connectivity index (χ3v) is 9.15. The predicted octanol–water partition coefficient (Wildman–Crippen LogP) is 5.88. The first-order valence-corrected chi connectivity index (χ1v) is 15.3. The Balaban J connectivity index is 1.07. The summed E-state index contributed by atoms with van der Waals surface area (Å²) in [6, 6.07) is 17.3. The van der Waals surface area contributed by atoms with Crippen LogP contribution in [0.25, 0.3) is 27.6 Å². The normalized spacial score (nSPS) is 17.0. The fraction of sp³-hybridized carbons (Fsp3) is 0.382. The second-order valence-corrected chi connectivity index (χ2v) is 11.9. The molecular formula is C34H37FN6O. The van der Waals surface area contributed by atoms with E-state index in [0.717, 1.165) is 52.1 Å². The van der Waals surface area contributed by atoms with Crippen LogP contribution in [-0.2, 0) is 13.0 Å². The third kappa shape index (κ3) is 5.31. The molecule has 42 heavy (non-hydrogen) atoms. The maximum absolute atomic E-state index is 14.0. The number of rotatable bonds is 6. The molecule has 2 fully saturated rings. The van der Waals surface area contributed by atoms with Gasteiger partial charge in [0.1, 0.15) is 5.82 Å². The van der Waals surface area contributed by atoms with Gasteiger partial charge in [0.25, 0.3) is 5.56 Å². The number of hydrogen-bond acceptors (Lipinski definition) is 5. The molecule has 5 heterocycles. The van der Waals surface area contributed by atoms with E-state index in [4.69, 9.17) is 4.98 Å². The van der Waals surface area contributed by atoms with E-state index in [2.05, 4.69) is 39.2 Å². The van der Waals surface area contributed by atoms with Crippen molar-refractivity contribution in [2.24, 2.45) is 0 Å². The van der Waals surface area contributed by atoms with Gasteiger partial charge in [-0.15, -0.1) is 0 Å². The van der Waals surface area contributed by atoms with Crippen LogP contribution in [0.5, 0.6) is 0 Å². The molecule has 0 N–H and O–H groups in total. The summed E-state index contributed by atoms with van der Waals surface area (Å²) in [6.45, 7) is 7.11. The van der Waals surface area contributed by atoms with E-state index in [0.29, 0.717) is 18.8 Å². The number of benzene rings is 2. The van der Waals surface area contributed by atoms with E-state index >= 15 is 0 Å². The first kappa shape index (κ1) is 26.8. The summed E-state index contributed by atoms with van der Waals surface area (Å²) >= 11 is 0. The lowest BCUT2D eigenvalue weighted by Gasteiger charge is -2.40. The first-order chi connectivity index (χ1) is 20.5. The van der Waals surface area contributed by atoms with Crippen LogP contribution in [0, 0.1) is 12.7 Å². The molecule has 7 rings (SSSR count). The van der Waals surface area contributed by atoms with E-state index < -0.39 is 0 Å². The summed E-state index contributed by atoms with van der Waals surface area (Å²) in [5.74, 6) is 0.292. The fourth-order valence-corrected chi connectivity index (χ4v) is 6.79. The zero-order chi connectivity index (χ0) is 28.6. The van der Waals surface area contributed by atoms with Crippen LogP contribution >= 0.6 is 0 Å². The predicted molar refractivity (Wildman–Crippen MR) is 166 cm³/mol. The largest absolute Gasteiger partial charge is 0.370 e. The highest BCUT2D eigenvalue weighted by Crippen LogP contribution is 2.27. The van der Waals surface area contributed by atoms with Gasteiger partial charge in [0.05, 0.1) is 22.9 Å². The molecule has 2 aliphatic rings. The molecule has 3 aromatic heterocycles. The Morgan fingerprint density at radius 3 is 2.60 bits per heavy atom. The molecule has 0 atom stereocenters. The summed E-state index contributed by atoms with van der Waals surface area (Å²) in [5, 5.41) is 6.73. The number of pyridine rings is 1. The van der Waals surface area contributed by atoms with E-state index in [9.17, 15) is 9.18 Å². The van der Waals surface area contributed by atoms with Crippen molar-refractivity contribution in [1.82, 2.24) is 24.2 Å². The van der Waals surface area contributed by atoms with Crippen molar-refractivity contribution in [3.8, 4) is 5.82 Å². The zero-order valence-electron chi connectivity index (χ0n) is 24.2. The molecule has 0 spiro atoms. The summed E-state index contributed by atoms with van der Waals surface area (Å²) in [6.07, 6.45) is 11.1. The maximum Gasteiger partial charge on any atom is 0.266 e. The van der Waals surface area contributed by atoms with E-state index in [1.165, 1.54) is 73.8 Å². The van der Waals surface area contributed by atoms with Crippen molar-refractivity contribution in [3.63, 3.8) is 0 Å². The third-order valence-electron chi connectivity index (χ3n) is 9.15. The molecule has 2 aromatic carbocycles. The summed E-state index contributed by atoms with van der Waals surface area (Å²) in [4.78, 5) is 22.7. The highest BCUT2D eigenvalue weighted by Gasteiger charge is 2.26. The molecule has 0 saturated carbocycles. The van der Waals surface area contributed by atoms with Crippen molar-refractivity contribution < 1.29 is 4.39 Å². The van der Waals surface area contributed by atoms with Gasteiger partial charge in [0.2, 0.25) is 0 Å². The SMILES string of the molecule is Cc1cn(-c2ccc(=O)n(CCc3ccc4ncc(N5CCC(N6CCCCC6)CC5)cc4c3)n2)c2cc(F)ccc12. The second-order valence-electron chi connectivity index (χ2n) is 11.9. The minimum Gasteiger partial charge on any atom is -0.370 e. The second kappa shape index (κ2) is 11.3. The summed E-state index contributed by atoms with van der Waals surface area (Å²) < 4.78 is 17.4. The standard InChI is InChI=1S/C34H37FN6O/c1-24-23-40(32-21-27(35)6-7-30(24)32)33-9-10-34(42)41(37-33)18-11-25-5-8-31-26(19-25)20-29(22-36-31)39-16-12-28(13-17-39)38-14-3-2-4-15-38/h5-10,19-23,28H,2-4,11-18H2,1H3. The topological polar surface area (TPSA) is 59.2 Å². The summed E-state index contributed by atoms with van der Waals surface area (Å²) in [5.41, 5.74) is 4.90. The number of likely N-dealkylation sites (tertiary alicyclic amines) is 1. The van der Waals surface area contributed by atoms with Crippen LogP contribution in [0.1, 0.15) is 43.2 Å². The lowest BCUT2D eigenvalue weighted by Crippen LogP contribution is -2.46. The lowest BCUT2D eigenvalue weighted by molar-refractivity contribution is 0.141. The number of fused-ring (bicyclic) bond motifs is 2. The Morgan fingerprint density at radius 1 is 0.929 bits per heavy atom. The van der Waals surface area contributed by atoms with Gasteiger partial charge in [-0.3, -0.25) is 14.3 Å². The highest BCUT2D eigenvalue weighted by atomic mass is 19.1. The Morgan fingerprint density at radius 2 is 1.76 bits per heavy atom. The highest BCUT2D eigenvalue weighted by molar-refractivity contribution is 5.85. The zero-order valence-corrected chi connectivity index (χ0v) is 24.2. The Hall–Kier alpha value is -4.04.